The van der Waals surface area contributed by atoms with E-state index in [4.69, 9.17) is 9.47 Å². The average Bonchev–Trinajstić information content (AvgIpc) is 3.31. The third-order valence-corrected chi connectivity index (χ3v) is 6.47. The molecule has 3 heterocycles. The highest BCUT2D eigenvalue weighted by Gasteiger charge is 2.34. The number of aryl methyl sites for hydroxylation is 1. The molecule has 2 aromatic carbocycles. The standard InChI is InChI=1S/C23H20FN3O3S/c1-13-20(31-23-26-17(12-27(13)23)15-7-9-16(24)10-8-15)11-25-22(28)21-14(2)29-18-5-3-4-6-19(18)30-21/h3-10,12,14,21H,11H2,1-2H3,(H,25,28). The van der Waals surface area contributed by atoms with Crippen molar-refractivity contribution in [2.45, 2.75) is 32.6 Å². The summed E-state index contributed by atoms with van der Waals surface area (Å²) in [6, 6.07) is 13.6. The average molecular weight is 437 g/mol. The molecule has 0 bridgehead atoms. The van der Waals surface area contributed by atoms with E-state index in [2.05, 4.69) is 10.3 Å². The molecule has 0 spiro atoms. The summed E-state index contributed by atoms with van der Waals surface area (Å²) in [6.07, 6.45) is 0.816. The van der Waals surface area contributed by atoms with Crippen molar-refractivity contribution < 1.29 is 18.7 Å². The zero-order valence-corrected chi connectivity index (χ0v) is 17.8. The fraction of sp³-hybridized carbons (Fsp3) is 0.217. The number of hydrogen-bond acceptors (Lipinski definition) is 5. The van der Waals surface area contributed by atoms with Crippen LogP contribution >= 0.6 is 11.3 Å². The first-order valence-corrected chi connectivity index (χ1v) is 10.7. The van der Waals surface area contributed by atoms with E-state index in [1.807, 2.05) is 42.6 Å². The summed E-state index contributed by atoms with van der Waals surface area (Å²) in [5.41, 5.74) is 2.64. The maximum absolute atomic E-state index is 13.2. The first-order chi connectivity index (χ1) is 15.0. The van der Waals surface area contributed by atoms with Gasteiger partial charge < -0.3 is 14.8 Å². The molecule has 1 aliphatic rings. The highest BCUT2D eigenvalue weighted by atomic mass is 32.1. The molecule has 1 amide bonds. The fourth-order valence-electron chi connectivity index (χ4n) is 3.59. The Morgan fingerprint density at radius 3 is 2.58 bits per heavy atom. The summed E-state index contributed by atoms with van der Waals surface area (Å²) in [7, 11) is 0. The predicted molar refractivity (Wildman–Crippen MR) is 116 cm³/mol. The largest absolute Gasteiger partial charge is 0.482 e. The van der Waals surface area contributed by atoms with E-state index in [1.54, 1.807) is 18.2 Å². The molecule has 8 heteroatoms. The number of nitrogens with zero attached hydrogens (tertiary/aromatic N) is 2. The summed E-state index contributed by atoms with van der Waals surface area (Å²) in [5, 5.41) is 2.96. The minimum atomic E-state index is -0.718. The third kappa shape index (κ3) is 3.63. The molecule has 1 N–H and O–H groups in total. The molecule has 0 saturated heterocycles. The summed E-state index contributed by atoms with van der Waals surface area (Å²) in [5.74, 6) is 0.717. The third-order valence-electron chi connectivity index (χ3n) is 5.32. The molecule has 2 aromatic heterocycles. The maximum atomic E-state index is 13.2. The minimum absolute atomic E-state index is 0.223. The number of carbonyl (C=O) groups is 1. The number of carbonyl (C=O) groups excluding carboxylic acids is 1. The molecule has 5 rings (SSSR count). The lowest BCUT2D eigenvalue weighted by Crippen LogP contribution is -2.48. The zero-order chi connectivity index (χ0) is 21.5. The normalized spacial score (nSPS) is 17.6. The number of thiazole rings is 1. The SMILES string of the molecule is Cc1c(CNC(=O)C2Oc3ccccc3OC2C)sc2nc(-c3ccc(F)cc3)cn12. The monoisotopic (exact) mass is 437 g/mol. The molecule has 0 aliphatic carbocycles. The van der Waals surface area contributed by atoms with Gasteiger partial charge in [0.2, 0.25) is 6.10 Å². The van der Waals surface area contributed by atoms with Crippen LogP contribution in [0.2, 0.25) is 0 Å². The summed E-state index contributed by atoms with van der Waals surface area (Å²) < 4.78 is 26.8. The number of para-hydroxylation sites is 2. The molecular weight excluding hydrogens is 417 g/mol. The number of aromatic nitrogens is 2. The number of fused-ring (bicyclic) bond motifs is 2. The second kappa shape index (κ2) is 7.70. The van der Waals surface area contributed by atoms with Gasteiger partial charge in [-0.25, -0.2) is 9.37 Å². The maximum Gasteiger partial charge on any atom is 0.265 e. The molecule has 158 valence electrons. The van der Waals surface area contributed by atoms with E-state index in [-0.39, 0.29) is 11.7 Å². The van der Waals surface area contributed by atoms with Crippen molar-refractivity contribution >= 4 is 22.2 Å². The first-order valence-electron chi connectivity index (χ1n) is 9.93. The lowest BCUT2D eigenvalue weighted by molar-refractivity contribution is -0.133. The second-order valence-electron chi connectivity index (χ2n) is 7.42. The van der Waals surface area contributed by atoms with E-state index in [0.717, 1.165) is 26.8 Å². The van der Waals surface area contributed by atoms with E-state index < -0.39 is 12.2 Å². The first kappa shape index (κ1) is 19.6. The summed E-state index contributed by atoms with van der Waals surface area (Å²) >= 11 is 1.51. The molecule has 6 nitrogen and oxygen atoms in total. The number of rotatable bonds is 4. The van der Waals surface area contributed by atoms with Gasteiger partial charge in [-0.15, -0.1) is 0 Å². The van der Waals surface area contributed by atoms with Crippen molar-refractivity contribution in [2.24, 2.45) is 0 Å². The quantitative estimate of drug-likeness (QED) is 0.515. The van der Waals surface area contributed by atoms with Crippen molar-refractivity contribution in [3.8, 4) is 22.8 Å². The van der Waals surface area contributed by atoms with Gasteiger partial charge >= 0.3 is 0 Å². The van der Waals surface area contributed by atoms with Crippen molar-refractivity contribution in [2.75, 3.05) is 0 Å². The highest BCUT2D eigenvalue weighted by molar-refractivity contribution is 7.17. The number of hydrogen-bond donors (Lipinski definition) is 1. The van der Waals surface area contributed by atoms with E-state index in [9.17, 15) is 9.18 Å². The number of nitrogens with one attached hydrogen (secondary N) is 1. The molecule has 1 aliphatic heterocycles. The van der Waals surface area contributed by atoms with Crippen molar-refractivity contribution in [3.05, 3.63) is 71.1 Å². The topological polar surface area (TPSA) is 64.9 Å². The Bertz CT molecular complexity index is 1270. The number of ether oxygens (including phenoxy) is 2. The molecule has 4 aromatic rings. The van der Waals surface area contributed by atoms with Gasteiger partial charge in [-0.05, 0) is 50.2 Å². The van der Waals surface area contributed by atoms with Crippen molar-refractivity contribution in [1.82, 2.24) is 14.7 Å². The Morgan fingerprint density at radius 2 is 1.87 bits per heavy atom. The Labute approximate surface area is 182 Å². The van der Waals surface area contributed by atoms with Gasteiger partial charge in [-0.3, -0.25) is 9.20 Å². The number of halogens is 1. The van der Waals surface area contributed by atoms with Gasteiger partial charge in [-0.2, -0.15) is 0 Å². The van der Waals surface area contributed by atoms with Crippen LogP contribution in [-0.2, 0) is 11.3 Å². The van der Waals surface area contributed by atoms with Gasteiger partial charge in [0.15, 0.2) is 16.5 Å². The smallest absolute Gasteiger partial charge is 0.265 e. The highest BCUT2D eigenvalue weighted by Crippen LogP contribution is 2.33. The van der Waals surface area contributed by atoms with Crippen LogP contribution in [0.1, 0.15) is 17.5 Å². The molecular formula is C23H20FN3O3S. The number of benzene rings is 2. The molecule has 2 unspecified atom stereocenters. The summed E-state index contributed by atoms with van der Waals surface area (Å²) in [6.45, 7) is 4.18. The molecule has 2 atom stereocenters. The molecule has 0 saturated carbocycles. The lowest BCUT2D eigenvalue weighted by atomic mass is 10.1. The zero-order valence-electron chi connectivity index (χ0n) is 17.0. The number of amides is 1. The van der Waals surface area contributed by atoms with Crippen LogP contribution in [0.4, 0.5) is 4.39 Å². The lowest BCUT2D eigenvalue weighted by Gasteiger charge is -2.30. The summed E-state index contributed by atoms with van der Waals surface area (Å²) in [4.78, 5) is 19.2. The predicted octanol–water partition coefficient (Wildman–Crippen LogP) is 4.36. The van der Waals surface area contributed by atoms with Crippen LogP contribution in [0.5, 0.6) is 11.5 Å². The van der Waals surface area contributed by atoms with E-state index in [1.165, 1.54) is 23.5 Å². The minimum Gasteiger partial charge on any atom is -0.482 e. The van der Waals surface area contributed by atoms with Crippen molar-refractivity contribution in [1.29, 1.82) is 0 Å². The van der Waals surface area contributed by atoms with Crippen LogP contribution in [-0.4, -0.2) is 27.5 Å². The van der Waals surface area contributed by atoms with Crippen LogP contribution in [0, 0.1) is 12.7 Å². The number of imidazole rings is 1. The van der Waals surface area contributed by atoms with Gasteiger partial charge in [-0.1, -0.05) is 23.5 Å². The van der Waals surface area contributed by atoms with Gasteiger partial charge in [0.25, 0.3) is 5.91 Å². The van der Waals surface area contributed by atoms with Gasteiger partial charge in [0.1, 0.15) is 11.9 Å². The fourth-order valence-corrected chi connectivity index (χ4v) is 4.63. The van der Waals surface area contributed by atoms with Crippen LogP contribution in [0.25, 0.3) is 16.2 Å². The van der Waals surface area contributed by atoms with Crippen LogP contribution in [0.15, 0.2) is 54.7 Å². The van der Waals surface area contributed by atoms with Gasteiger partial charge in [0.05, 0.1) is 12.2 Å². The van der Waals surface area contributed by atoms with E-state index >= 15 is 0 Å². The molecule has 0 fully saturated rings. The van der Waals surface area contributed by atoms with Crippen LogP contribution in [0.3, 0.4) is 0 Å². The Hall–Kier alpha value is -3.39. The van der Waals surface area contributed by atoms with E-state index in [0.29, 0.717) is 18.0 Å². The van der Waals surface area contributed by atoms with Gasteiger partial charge in [0, 0.05) is 22.3 Å². The second-order valence-corrected chi connectivity index (χ2v) is 8.48. The molecule has 0 radical (unpaired) electrons. The van der Waals surface area contributed by atoms with Crippen LogP contribution < -0.4 is 14.8 Å². The Balaban J connectivity index is 1.30. The Morgan fingerprint density at radius 1 is 1.16 bits per heavy atom. The van der Waals surface area contributed by atoms with Crippen molar-refractivity contribution in [3.63, 3.8) is 0 Å². The molecule has 31 heavy (non-hydrogen) atoms. The Kier molecular flexibility index (Phi) is 4.86.